The average molecular weight is 356 g/mol. The van der Waals surface area contributed by atoms with Crippen LogP contribution in [0.25, 0.3) is 27.7 Å². The van der Waals surface area contributed by atoms with E-state index in [-0.39, 0.29) is 5.54 Å². The highest BCUT2D eigenvalue weighted by atomic mass is 15.2. The van der Waals surface area contributed by atoms with Crippen molar-refractivity contribution < 1.29 is 4.57 Å². The molecule has 0 aliphatic carbocycles. The van der Waals surface area contributed by atoms with Crippen LogP contribution in [0.5, 0.6) is 0 Å². The van der Waals surface area contributed by atoms with Gasteiger partial charge in [0.1, 0.15) is 11.2 Å². The third kappa shape index (κ3) is 1.83. The number of aryl methyl sites for hydroxylation is 3. The van der Waals surface area contributed by atoms with Gasteiger partial charge in [-0.15, -0.1) is 0 Å². The minimum Gasteiger partial charge on any atom is -0.213 e. The maximum Gasteiger partial charge on any atom is 0.291 e. The first-order valence-electron chi connectivity index (χ1n) is 9.82. The van der Waals surface area contributed by atoms with Gasteiger partial charge >= 0.3 is 0 Å². The Morgan fingerprint density at radius 2 is 1.41 bits per heavy atom. The van der Waals surface area contributed by atoms with Gasteiger partial charge in [-0.05, 0) is 75.6 Å². The number of rotatable bonds is 0. The van der Waals surface area contributed by atoms with Crippen molar-refractivity contribution in [2.45, 2.75) is 54.0 Å². The van der Waals surface area contributed by atoms with Crippen molar-refractivity contribution in [2.75, 3.05) is 0 Å². The topological polar surface area (TPSA) is 8.29 Å². The fourth-order valence-electron chi connectivity index (χ4n) is 5.19. The van der Waals surface area contributed by atoms with Gasteiger partial charge in [0, 0.05) is 23.6 Å². The fourth-order valence-corrected chi connectivity index (χ4v) is 5.19. The zero-order valence-electron chi connectivity index (χ0n) is 17.4. The van der Waals surface area contributed by atoms with Crippen molar-refractivity contribution in [2.24, 2.45) is 0 Å². The van der Waals surface area contributed by atoms with Gasteiger partial charge in [0.2, 0.25) is 0 Å². The third-order valence-electron chi connectivity index (χ3n) is 7.02. The van der Waals surface area contributed by atoms with E-state index in [4.69, 9.17) is 0 Å². The van der Waals surface area contributed by atoms with Crippen LogP contribution in [0.4, 0.5) is 0 Å². The van der Waals surface area contributed by atoms with Crippen LogP contribution in [0, 0.1) is 34.6 Å². The number of nitrogens with zero attached hydrogens (tertiary/aromatic N) is 2. The number of pyridine rings is 1. The molecule has 136 valence electrons. The van der Waals surface area contributed by atoms with E-state index in [0.717, 1.165) is 0 Å². The second kappa shape index (κ2) is 5.01. The third-order valence-corrected chi connectivity index (χ3v) is 7.02. The van der Waals surface area contributed by atoms with Gasteiger partial charge in [-0.25, -0.2) is 4.57 Å². The van der Waals surface area contributed by atoms with Crippen molar-refractivity contribution in [1.29, 1.82) is 0 Å². The van der Waals surface area contributed by atoms with Crippen molar-refractivity contribution in [3.63, 3.8) is 0 Å². The predicted molar refractivity (Wildman–Crippen MR) is 113 cm³/mol. The van der Waals surface area contributed by atoms with Crippen LogP contribution in [0.2, 0.25) is 0 Å². The summed E-state index contributed by atoms with van der Waals surface area (Å²) in [6, 6.07) is 13.5. The molecular formula is C25H27N2+. The monoisotopic (exact) mass is 355 g/mol. The molecule has 3 heterocycles. The van der Waals surface area contributed by atoms with E-state index >= 15 is 0 Å². The van der Waals surface area contributed by atoms with Gasteiger partial charge in [0.05, 0.1) is 0 Å². The van der Waals surface area contributed by atoms with Crippen LogP contribution >= 0.6 is 0 Å². The molecule has 0 amide bonds. The van der Waals surface area contributed by atoms with E-state index in [1.807, 2.05) is 0 Å². The highest BCUT2D eigenvalue weighted by Gasteiger charge is 2.46. The molecule has 1 aliphatic rings. The Balaban J connectivity index is 2.02. The summed E-state index contributed by atoms with van der Waals surface area (Å²) in [5, 5.41) is 2.64. The summed E-state index contributed by atoms with van der Waals surface area (Å²) in [6.45, 7) is 16.0. The molecule has 2 aromatic carbocycles. The van der Waals surface area contributed by atoms with Crippen LogP contribution in [-0.4, -0.2) is 4.40 Å². The first-order chi connectivity index (χ1) is 12.7. The molecule has 1 aliphatic heterocycles. The molecule has 27 heavy (non-hydrogen) atoms. The summed E-state index contributed by atoms with van der Waals surface area (Å²) in [4.78, 5) is 0. The highest BCUT2D eigenvalue weighted by Crippen LogP contribution is 2.43. The summed E-state index contributed by atoms with van der Waals surface area (Å²) < 4.78 is 5.06. The van der Waals surface area contributed by atoms with Crippen LogP contribution in [0.15, 0.2) is 36.4 Å². The Hall–Kier alpha value is -2.61. The maximum absolute atomic E-state index is 2.58. The van der Waals surface area contributed by atoms with E-state index in [0.29, 0.717) is 0 Å². The summed E-state index contributed by atoms with van der Waals surface area (Å²) in [5.74, 6) is 0. The smallest absolute Gasteiger partial charge is 0.213 e. The molecule has 0 fully saturated rings. The summed E-state index contributed by atoms with van der Waals surface area (Å²) in [5.41, 5.74) is 12.3. The molecule has 0 saturated carbocycles. The SMILES string of the molecule is Cc1c(C)c(C)n2c(C)c3[n+](c2c1C)C(C)(C)c1cc2ccccc2cc1-3. The summed E-state index contributed by atoms with van der Waals surface area (Å²) >= 11 is 0. The van der Waals surface area contributed by atoms with Gasteiger partial charge in [-0.2, -0.15) is 4.40 Å². The zero-order chi connectivity index (χ0) is 19.2. The molecule has 5 rings (SSSR count). The van der Waals surface area contributed by atoms with E-state index in [1.54, 1.807) is 0 Å². The van der Waals surface area contributed by atoms with E-state index in [2.05, 4.69) is 93.8 Å². The molecule has 0 radical (unpaired) electrons. The second-order valence-corrected chi connectivity index (χ2v) is 8.69. The number of benzene rings is 2. The first kappa shape index (κ1) is 16.6. The van der Waals surface area contributed by atoms with E-state index < -0.39 is 0 Å². The standard InChI is InChI=1S/C25H27N2/c1-14-15(2)17(4)26-18(5)23-21-12-19-10-8-9-11-20(19)13-22(21)25(6,7)27(23)24(26)16(14)3/h8-13H,1-7H3/q+1. The lowest BCUT2D eigenvalue weighted by molar-refractivity contribution is -0.707. The lowest BCUT2D eigenvalue weighted by Gasteiger charge is -2.20. The van der Waals surface area contributed by atoms with Crippen molar-refractivity contribution in [3.8, 4) is 11.3 Å². The molecule has 0 saturated heterocycles. The minimum absolute atomic E-state index is 0.0763. The predicted octanol–water partition coefficient (Wildman–Crippen LogP) is 5.69. The van der Waals surface area contributed by atoms with E-state index in [9.17, 15) is 0 Å². The Morgan fingerprint density at radius 3 is 2.07 bits per heavy atom. The molecule has 0 atom stereocenters. The largest absolute Gasteiger partial charge is 0.291 e. The number of fused-ring (bicyclic) bond motifs is 6. The Morgan fingerprint density at radius 1 is 0.778 bits per heavy atom. The maximum atomic E-state index is 2.58. The molecule has 0 N–H and O–H groups in total. The Bertz CT molecular complexity index is 1290. The first-order valence-corrected chi connectivity index (χ1v) is 9.82. The van der Waals surface area contributed by atoms with Crippen molar-refractivity contribution in [3.05, 3.63) is 70.0 Å². The molecule has 0 unspecified atom stereocenters. The molecule has 2 aromatic heterocycles. The van der Waals surface area contributed by atoms with Crippen molar-refractivity contribution >= 4 is 16.4 Å². The van der Waals surface area contributed by atoms with Crippen LogP contribution in [0.3, 0.4) is 0 Å². The molecule has 2 heteroatoms. The fraction of sp³-hybridized carbons (Fsp3) is 0.320. The average Bonchev–Trinajstić information content (AvgIpc) is 3.08. The van der Waals surface area contributed by atoms with Gasteiger partial charge in [0.25, 0.3) is 5.65 Å². The second-order valence-electron chi connectivity index (χ2n) is 8.69. The molecule has 2 nitrogen and oxygen atoms in total. The summed E-state index contributed by atoms with van der Waals surface area (Å²) in [6.07, 6.45) is 0. The normalized spacial score (nSPS) is 14.8. The molecule has 0 bridgehead atoms. The zero-order valence-corrected chi connectivity index (χ0v) is 17.4. The molecule has 0 spiro atoms. The van der Waals surface area contributed by atoms with Gasteiger partial charge in [-0.3, -0.25) is 0 Å². The number of aromatic nitrogens is 2. The van der Waals surface area contributed by atoms with Crippen LogP contribution in [-0.2, 0) is 5.54 Å². The van der Waals surface area contributed by atoms with E-state index in [1.165, 1.54) is 61.3 Å². The minimum atomic E-state index is -0.0763. The lowest BCUT2D eigenvalue weighted by atomic mass is 9.90. The molecule has 4 aromatic rings. The van der Waals surface area contributed by atoms with Gasteiger partial charge in [0.15, 0.2) is 11.4 Å². The Kier molecular flexibility index (Phi) is 3.07. The van der Waals surface area contributed by atoms with Gasteiger partial charge < -0.3 is 0 Å². The quantitative estimate of drug-likeness (QED) is 0.358. The number of imidazole rings is 1. The number of hydrogen-bond acceptors (Lipinski definition) is 0. The highest BCUT2D eigenvalue weighted by molar-refractivity contribution is 5.90. The lowest BCUT2D eigenvalue weighted by Crippen LogP contribution is -2.50. The van der Waals surface area contributed by atoms with Gasteiger partial charge in [-0.1, -0.05) is 24.3 Å². The van der Waals surface area contributed by atoms with Crippen LogP contribution in [0.1, 0.15) is 47.5 Å². The summed E-state index contributed by atoms with van der Waals surface area (Å²) in [7, 11) is 0. The van der Waals surface area contributed by atoms with Crippen molar-refractivity contribution in [1.82, 2.24) is 4.40 Å². The molecular weight excluding hydrogens is 328 g/mol. The Labute approximate surface area is 161 Å². The number of hydrogen-bond donors (Lipinski definition) is 0. The van der Waals surface area contributed by atoms with Crippen LogP contribution < -0.4 is 4.57 Å².